The summed E-state index contributed by atoms with van der Waals surface area (Å²) in [5.74, 6) is 0.895. The van der Waals surface area contributed by atoms with Crippen molar-refractivity contribution in [3.8, 4) is 5.75 Å². The van der Waals surface area contributed by atoms with E-state index in [1.165, 1.54) is 5.56 Å². The summed E-state index contributed by atoms with van der Waals surface area (Å²) in [6.45, 7) is 9.44. The molecular weight excluding hydrogens is 270 g/mol. The summed E-state index contributed by atoms with van der Waals surface area (Å²) in [7, 11) is 0. The van der Waals surface area contributed by atoms with Crippen LogP contribution in [0.25, 0.3) is 0 Å². The van der Waals surface area contributed by atoms with Crippen LogP contribution in [0.1, 0.15) is 38.8 Å². The van der Waals surface area contributed by atoms with Gasteiger partial charge in [-0.05, 0) is 66.3 Å². The Labute approximate surface area is 133 Å². The van der Waals surface area contributed by atoms with Gasteiger partial charge in [-0.2, -0.15) is 0 Å². The molecule has 2 heteroatoms. The van der Waals surface area contributed by atoms with E-state index in [0.29, 0.717) is 12.0 Å². The predicted octanol–water partition coefficient (Wildman–Crippen LogP) is 5.42. The van der Waals surface area contributed by atoms with Gasteiger partial charge < -0.3 is 4.74 Å². The number of aliphatic imine (C=N–C) groups is 1. The standard InChI is InChI=1S/C20H25NO/c1-5-22-19-12-8-17(9-13-19)15-21-18-10-6-16(7-11-18)14-20(2,3)4/h6-13,15H,5,14H2,1-4H3. The molecule has 0 aliphatic carbocycles. The lowest BCUT2D eigenvalue weighted by molar-refractivity contribution is 0.340. The van der Waals surface area contributed by atoms with Gasteiger partial charge in [0.05, 0.1) is 12.3 Å². The highest BCUT2D eigenvalue weighted by atomic mass is 16.5. The van der Waals surface area contributed by atoms with Gasteiger partial charge in [0, 0.05) is 6.21 Å². The third-order valence-corrected chi connectivity index (χ3v) is 3.22. The van der Waals surface area contributed by atoms with E-state index >= 15 is 0 Å². The van der Waals surface area contributed by atoms with Crippen molar-refractivity contribution < 1.29 is 4.74 Å². The highest BCUT2D eigenvalue weighted by Gasteiger charge is 2.10. The molecule has 0 aromatic heterocycles. The molecule has 0 atom stereocenters. The molecule has 116 valence electrons. The van der Waals surface area contributed by atoms with Crippen LogP contribution in [0.2, 0.25) is 0 Å². The Kier molecular flexibility index (Phi) is 5.37. The fraction of sp³-hybridized carbons (Fsp3) is 0.350. The minimum Gasteiger partial charge on any atom is -0.494 e. The number of hydrogen-bond donors (Lipinski definition) is 0. The summed E-state index contributed by atoms with van der Waals surface area (Å²) in [5, 5.41) is 0. The van der Waals surface area contributed by atoms with Crippen molar-refractivity contribution in [1.29, 1.82) is 0 Å². The zero-order valence-corrected chi connectivity index (χ0v) is 14.0. The van der Waals surface area contributed by atoms with Crippen molar-refractivity contribution in [2.24, 2.45) is 10.4 Å². The van der Waals surface area contributed by atoms with Gasteiger partial charge in [-0.1, -0.05) is 32.9 Å². The monoisotopic (exact) mass is 295 g/mol. The van der Waals surface area contributed by atoms with Crippen molar-refractivity contribution in [2.75, 3.05) is 6.61 Å². The lowest BCUT2D eigenvalue weighted by Gasteiger charge is -2.17. The first-order chi connectivity index (χ1) is 10.5. The predicted molar refractivity (Wildman–Crippen MR) is 94.5 cm³/mol. The fourth-order valence-corrected chi connectivity index (χ4v) is 2.28. The van der Waals surface area contributed by atoms with E-state index < -0.39 is 0 Å². The first kappa shape index (κ1) is 16.3. The van der Waals surface area contributed by atoms with Gasteiger partial charge in [0.1, 0.15) is 5.75 Å². The highest BCUT2D eigenvalue weighted by Crippen LogP contribution is 2.22. The molecule has 0 saturated heterocycles. The molecule has 0 heterocycles. The maximum absolute atomic E-state index is 5.43. The Balaban J connectivity index is 2.00. The molecule has 22 heavy (non-hydrogen) atoms. The molecule has 0 aliphatic heterocycles. The van der Waals surface area contributed by atoms with E-state index in [2.05, 4.69) is 50.0 Å². The van der Waals surface area contributed by atoms with Crippen molar-refractivity contribution >= 4 is 11.9 Å². The molecule has 0 spiro atoms. The number of nitrogens with zero attached hydrogens (tertiary/aromatic N) is 1. The minimum absolute atomic E-state index is 0.313. The smallest absolute Gasteiger partial charge is 0.119 e. The van der Waals surface area contributed by atoms with E-state index in [1.54, 1.807) is 0 Å². The zero-order valence-electron chi connectivity index (χ0n) is 14.0. The Hall–Kier alpha value is -2.09. The van der Waals surface area contributed by atoms with Crippen LogP contribution in [-0.4, -0.2) is 12.8 Å². The lowest BCUT2D eigenvalue weighted by Crippen LogP contribution is -2.08. The molecule has 2 aromatic rings. The van der Waals surface area contributed by atoms with Gasteiger partial charge in [-0.25, -0.2) is 0 Å². The molecule has 0 saturated carbocycles. The summed E-state index contributed by atoms with van der Waals surface area (Å²) in [4.78, 5) is 4.52. The van der Waals surface area contributed by atoms with Crippen LogP contribution < -0.4 is 4.74 Å². The topological polar surface area (TPSA) is 21.6 Å². The number of rotatable bonds is 5. The third kappa shape index (κ3) is 5.36. The molecular formula is C20H25NO. The summed E-state index contributed by atoms with van der Waals surface area (Å²) in [6.07, 6.45) is 2.96. The molecule has 2 aromatic carbocycles. The van der Waals surface area contributed by atoms with Gasteiger partial charge >= 0.3 is 0 Å². The Bertz CT molecular complexity index is 604. The minimum atomic E-state index is 0.313. The maximum atomic E-state index is 5.43. The molecule has 0 N–H and O–H groups in total. The molecule has 0 fully saturated rings. The molecule has 0 bridgehead atoms. The SMILES string of the molecule is CCOc1ccc(C=Nc2ccc(CC(C)(C)C)cc2)cc1. The summed E-state index contributed by atoms with van der Waals surface area (Å²) in [6, 6.07) is 16.4. The molecule has 0 radical (unpaired) electrons. The average Bonchev–Trinajstić information content (AvgIpc) is 2.47. The van der Waals surface area contributed by atoms with Crippen LogP contribution in [0, 0.1) is 5.41 Å². The average molecular weight is 295 g/mol. The second-order valence-electron chi connectivity index (χ2n) is 6.66. The summed E-state index contributed by atoms with van der Waals surface area (Å²) >= 11 is 0. The maximum Gasteiger partial charge on any atom is 0.119 e. The van der Waals surface area contributed by atoms with E-state index in [0.717, 1.165) is 23.4 Å². The van der Waals surface area contributed by atoms with Gasteiger partial charge in [-0.3, -0.25) is 4.99 Å². The number of ether oxygens (including phenoxy) is 1. The van der Waals surface area contributed by atoms with Crippen LogP contribution in [-0.2, 0) is 6.42 Å². The van der Waals surface area contributed by atoms with Crippen molar-refractivity contribution in [2.45, 2.75) is 34.1 Å². The Morgan fingerprint density at radius 1 is 0.955 bits per heavy atom. The second kappa shape index (κ2) is 7.26. The van der Waals surface area contributed by atoms with Crippen LogP contribution >= 0.6 is 0 Å². The van der Waals surface area contributed by atoms with E-state index in [-0.39, 0.29) is 0 Å². The molecule has 2 nitrogen and oxygen atoms in total. The summed E-state index contributed by atoms with van der Waals surface area (Å²) in [5.41, 5.74) is 3.72. The van der Waals surface area contributed by atoms with Crippen LogP contribution in [0.15, 0.2) is 53.5 Å². The van der Waals surface area contributed by atoms with Crippen LogP contribution in [0.3, 0.4) is 0 Å². The molecule has 0 aliphatic rings. The Morgan fingerprint density at radius 3 is 2.14 bits per heavy atom. The van der Waals surface area contributed by atoms with Gasteiger partial charge in [-0.15, -0.1) is 0 Å². The number of hydrogen-bond acceptors (Lipinski definition) is 2. The summed E-state index contributed by atoms with van der Waals surface area (Å²) < 4.78 is 5.43. The highest BCUT2D eigenvalue weighted by molar-refractivity contribution is 5.82. The van der Waals surface area contributed by atoms with Crippen molar-refractivity contribution in [1.82, 2.24) is 0 Å². The van der Waals surface area contributed by atoms with E-state index in [1.807, 2.05) is 37.4 Å². The zero-order chi connectivity index (χ0) is 16.0. The molecule has 0 amide bonds. The van der Waals surface area contributed by atoms with Crippen LogP contribution in [0.5, 0.6) is 5.75 Å². The molecule has 2 rings (SSSR count). The molecule has 0 unspecified atom stereocenters. The van der Waals surface area contributed by atoms with Crippen molar-refractivity contribution in [3.05, 3.63) is 59.7 Å². The lowest BCUT2D eigenvalue weighted by atomic mass is 9.88. The second-order valence-corrected chi connectivity index (χ2v) is 6.66. The first-order valence-electron chi connectivity index (χ1n) is 7.82. The number of benzene rings is 2. The van der Waals surface area contributed by atoms with Crippen molar-refractivity contribution in [3.63, 3.8) is 0 Å². The first-order valence-corrected chi connectivity index (χ1v) is 7.82. The van der Waals surface area contributed by atoms with Gasteiger partial charge in [0.15, 0.2) is 0 Å². The van der Waals surface area contributed by atoms with E-state index in [4.69, 9.17) is 4.74 Å². The quantitative estimate of drug-likeness (QED) is 0.674. The normalized spacial score (nSPS) is 11.8. The third-order valence-electron chi connectivity index (χ3n) is 3.22. The van der Waals surface area contributed by atoms with Gasteiger partial charge in [0.25, 0.3) is 0 Å². The Morgan fingerprint density at radius 2 is 1.59 bits per heavy atom. The largest absolute Gasteiger partial charge is 0.494 e. The fourth-order valence-electron chi connectivity index (χ4n) is 2.28. The van der Waals surface area contributed by atoms with Crippen LogP contribution in [0.4, 0.5) is 5.69 Å². The van der Waals surface area contributed by atoms with E-state index in [9.17, 15) is 0 Å². The van der Waals surface area contributed by atoms with Gasteiger partial charge in [0.2, 0.25) is 0 Å².